The van der Waals surface area contributed by atoms with E-state index in [1.807, 2.05) is 0 Å². The maximum atomic E-state index is 3.81. The van der Waals surface area contributed by atoms with Gasteiger partial charge in [-0.05, 0) is 50.8 Å². The van der Waals surface area contributed by atoms with Gasteiger partial charge in [0.1, 0.15) is 0 Å². The van der Waals surface area contributed by atoms with Gasteiger partial charge in [-0.1, -0.05) is 73.0 Å². The standard InChI is InChI=1S/C22H29N/c1-4-15-22(21-6-5-16-23-21,19-11-7-17(2)8-12-19)20-13-9-18(3)10-14-20/h7-14,21,23H,4-6,15-16H2,1-3H3/t21-/m1/s1. The van der Waals surface area contributed by atoms with Crippen molar-refractivity contribution in [1.82, 2.24) is 5.32 Å². The van der Waals surface area contributed by atoms with Crippen LogP contribution in [0, 0.1) is 13.8 Å². The summed E-state index contributed by atoms with van der Waals surface area (Å²) in [6.07, 6.45) is 4.94. The van der Waals surface area contributed by atoms with Crippen molar-refractivity contribution in [1.29, 1.82) is 0 Å². The van der Waals surface area contributed by atoms with E-state index >= 15 is 0 Å². The summed E-state index contributed by atoms with van der Waals surface area (Å²) in [6, 6.07) is 19.0. The Bertz CT molecular complexity index is 573. The van der Waals surface area contributed by atoms with Crippen molar-refractivity contribution in [3.8, 4) is 0 Å². The fraction of sp³-hybridized carbons (Fsp3) is 0.455. The Morgan fingerprint density at radius 3 is 1.83 bits per heavy atom. The van der Waals surface area contributed by atoms with Gasteiger partial charge in [-0.25, -0.2) is 0 Å². The summed E-state index contributed by atoms with van der Waals surface area (Å²) >= 11 is 0. The number of hydrogen-bond acceptors (Lipinski definition) is 1. The second-order valence-electron chi connectivity index (χ2n) is 7.10. The van der Waals surface area contributed by atoms with Gasteiger partial charge in [0.25, 0.3) is 0 Å². The van der Waals surface area contributed by atoms with E-state index in [4.69, 9.17) is 0 Å². The Morgan fingerprint density at radius 2 is 1.43 bits per heavy atom. The summed E-state index contributed by atoms with van der Waals surface area (Å²) in [6.45, 7) is 7.80. The van der Waals surface area contributed by atoms with E-state index in [1.54, 1.807) is 0 Å². The van der Waals surface area contributed by atoms with Gasteiger partial charge in [-0.15, -0.1) is 0 Å². The number of nitrogens with one attached hydrogen (secondary N) is 1. The quantitative estimate of drug-likeness (QED) is 0.806. The molecule has 1 saturated heterocycles. The summed E-state index contributed by atoms with van der Waals surface area (Å²) in [7, 11) is 0. The minimum Gasteiger partial charge on any atom is -0.313 e. The fourth-order valence-corrected chi connectivity index (χ4v) is 4.23. The predicted molar refractivity (Wildman–Crippen MR) is 99.1 cm³/mol. The van der Waals surface area contributed by atoms with Crippen molar-refractivity contribution in [3.05, 3.63) is 70.8 Å². The molecule has 0 radical (unpaired) electrons. The zero-order valence-corrected chi connectivity index (χ0v) is 14.7. The predicted octanol–water partition coefficient (Wildman–Crippen LogP) is 5.14. The third kappa shape index (κ3) is 3.07. The zero-order chi connectivity index (χ0) is 16.3. The molecule has 1 aliphatic heterocycles. The molecule has 0 aliphatic carbocycles. The Labute approximate surface area is 141 Å². The highest BCUT2D eigenvalue weighted by atomic mass is 15.0. The lowest BCUT2D eigenvalue weighted by molar-refractivity contribution is 0.348. The van der Waals surface area contributed by atoms with E-state index in [0.29, 0.717) is 6.04 Å². The Morgan fingerprint density at radius 1 is 0.913 bits per heavy atom. The van der Waals surface area contributed by atoms with Gasteiger partial charge in [0.05, 0.1) is 0 Å². The molecule has 0 aromatic heterocycles. The van der Waals surface area contributed by atoms with Crippen molar-refractivity contribution >= 4 is 0 Å². The summed E-state index contributed by atoms with van der Waals surface area (Å²) in [5.41, 5.74) is 5.69. The summed E-state index contributed by atoms with van der Waals surface area (Å²) in [5.74, 6) is 0. The lowest BCUT2D eigenvalue weighted by Crippen LogP contribution is -2.46. The molecule has 122 valence electrons. The minimum atomic E-state index is 0.0899. The first kappa shape index (κ1) is 16.3. The number of benzene rings is 2. The topological polar surface area (TPSA) is 12.0 Å². The molecule has 1 N–H and O–H groups in total. The first-order valence-corrected chi connectivity index (χ1v) is 9.04. The van der Waals surface area contributed by atoms with Crippen LogP contribution in [0.1, 0.15) is 54.9 Å². The van der Waals surface area contributed by atoms with Crippen molar-refractivity contribution in [2.75, 3.05) is 6.54 Å². The van der Waals surface area contributed by atoms with Gasteiger partial charge < -0.3 is 5.32 Å². The van der Waals surface area contributed by atoms with E-state index in [-0.39, 0.29) is 5.41 Å². The molecule has 0 saturated carbocycles. The molecule has 0 amide bonds. The first-order chi connectivity index (χ1) is 11.2. The smallest absolute Gasteiger partial charge is 0.0355 e. The SMILES string of the molecule is CCCC(c1ccc(C)cc1)(c1ccc(C)cc1)[C@H]1CCCN1. The van der Waals surface area contributed by atoms with Crippen molar-refractivity contribution in [2.24, 2.45) is 0 Å². The van der Waals surface area contributed by atoms with Crippen LogP contribution < -0.4 is 5.32 Å². The van der Waals surface area contributed by atoms with Crippen LogP contribution in [0.3, 0.4) is 0 Å². The van der Waals surface area contributed by atoms with Crippen LogP contribution in [0.5, 0.6) is 0 Å². The Balaban J connectivity index is 2.16. The third-order valence-electron chi connectivity index (χ3n) is 5.43. The maximum absolute atomic E-state index is 3.81. The molecule has 23 heavy (non-hydrogen) atoms. The molecule has 2 aromatic rings. The van der Waals surface area contributed by atoms with E-state index in [2.05, 4.69) is 74.6 Å². The second-order valence-corrected chi connectivity index (χ2v) is 7.10. The highest BCUT2D eigenvalue weighted by molar-refractivity contribution is 5.43. The van der Waals surface area contributed by atoms with Crippen molar-refractivity contribution in [3.63, 3.8) is 0 Å². The third-order valence-corrected chi connectivity index (χ3v) is 5.43. The molecule has 1 heteroatoms. The van der Waals surface area contributed by atoms with Gasteiger partial charge in [0.2, 0.25) is 0 Å². The number of hydrogen-bond donors (Lipinski definition) is 1. The average molecular weight is 307 g/mol. The van der Waals surface area contributed by atoms with E-state index in [9.17, 15) is 0 Å². The molecule has 1 fully saturated rings. The molecule has 2 aromatic carbocycles. The normalized spacial score (nSPS) is 18.3. The first-order valence-electron chi connectivity index (χ1n) is 9.04. The molecule has 0 bridgehead atoms. The van der Waals surface area contributed by atoms with Gasteiger partial charge in [0.15, 0.2) is 0 Å². The summed E-state index contributed by atoms with van der Waals surface area (Å²) in [5, 5.41) is 3.81. The monoisotopic (exact) mass is 307 g/mol. The van der Waals surface area contributed by atoms with Crippen LogP contribution in [0.25, 0.3) is 0 Å². The Hall–Kier alpha value is -1.60. The minimum absolute atomic E-state index is 0.0899. The molecule has 0 unspecified atom stereocenters. The molecule has 1 nitrogen and oxygen atoms in total. The highest BCUT2D eigenvalue weighted by Crippen LogP contribution is 2.43. The van der Waals surface area contributed by atoms with Crippen molar-refractivity contribution in [2.45, 2.75) is 57.9 Å². The summed E-state index contributed by atoms with van der Waals surface area (Å²) in [4.78, 5) is 0. The molecular weight excluding hydrogens is 278 g/mol. The van der Waals surface area contributed by atoms with Crippen LogP contribution in [0.4, 0.5) is 0 Å². The zero-order valence-electron chi connectivity index (χ0n) is 14.7. The molecule has 1 aliphatic rings. The van der Waals surface area contributed by atoms with Gasteiger partial charge in [-0.2, -0.15) is 0 Å². The number of aryl methyl sites for hydroxylation is 2. The largest absolute Gasteiger partial charge is 0.313 e. The maximum Gasteiger partial charge on any atom is 0.0355 e. The van der Waals surface area contributed by atoms with E-state index in [1.165, 1.54) is 47.9 Å². The lowest BCUT2D eigenvalue weighted by atomic mass is 9.66. The van der Waals surface area contributed by atoms with Crippen LogP contribution in [-0.4, -0.2) is 12.6 Å². The summed E-state index contributed by atoms with van der Waals surface area (Å²) < 4.78 is 0. The number of rotatable bonds is 5. The fourth-order valence-electron chi connectivity index (χ4n) is 4.23. The molecule has 3 rings (SSSR count). The van der Waals surface area contributed by atoms with Crippen molar-refractivity contribution < 1.29 is 0 Å². The van der Waals surface area contributed by atoms with Gasteiger partial charge in [-0.3, -0.25) is 0 Å². The molecule has 0 spiro atoms. The van der Waals surface area contributed by atoms with Gasteiger partial charge >= 0.3 is 0 Å². The lowest BCUT2D eigenvalue weighted by Gasteiger charge is -2.41. The average Bonchev–Trinajstić information content (AvgIpc) is 3.09. The van der Waals surface area contributed by atoms with E-state index < -0.39 is 0 Å². The molecule has 1 atom stereocenters. The molecule has 1 heterocycles. The highest BCUT2D eigenvalue weighted by Gasteiger charge is 2.42. The second kappa shape index (κ2) is 6.88. The molecular formula is C22H29N. The van der Waals surface area contributed by atoms with Crippen LogP contribution in [0.2, 0.25) is 0 Å². The van der Waals surface area contributed by atoms with Crippen LogP contribution in [-0.2, 0) is 5.41 Å². The van der Waals surface area contributed by atoms with E-state index in [0.717, 1.165) is 6.54 Å². The van der Waals surface area contributed by atoms with Crippen LogP contribution in [0.15, 0.2) is 48.5 Å². The Kier molecular flexibility index (Phi) is 4.87. The van der Waals surface area contributed by atoms with Gasteiger partial charge in [0, 0.05) is 11.5 Å². The van der Waals surface area contributed by atoms with Crippen LogP contribution >= 0.6 is 0 Å².